The maximum Gasteiger partial charge on any atom is 0.0956 e. The van der Waals surface area contributed by atoms with Crippen LogP contribution >= 0.6 is 23.2 Å². The van der Waals surface area contributed by atoms with Crippen molar-refractivity contribution in [1.82, 2.24) is 14.5 Å². The van der Waals surface area contributed by atoms with Crippen LogP contribution in [0.15, 0.2) is 24.5 Å². The predicted octanol–water partition coefficient (Wildman–Crippen LogP) is 4.43. The van der Waals surface area contributed by atoms with Crippen LogP contribution in [0.4, 0.5) is 0 Å². The first kappa shape index (κ1) is 19.3. The molecule has 0 amide bonds. The Balaban J connectivity index is 2.26. The molecule has 0 saturated carbocycles. The van der Waals surface area contributed by atoms with E-state index in [1.54, 1.807) is 6.07 Å². The Morgan fingerprint density at radius 2 is 1.83 bits per heavy atom. The highest BCUT2D eigenvalue weighted by molar-refractivity contribution is 6.36. The van der Waals surface area contributed by atoms with Crippen molar-refractivity contribution < 1.29 is 0 Å². The third kappa shape index (κ3) is 4.31. The van der Waals surface area contributed by atoms with E-state index < -0.39 is 0 Å². The van der Waals surface area contributed by atoms with Gasteiger partial charge in [-0.05, 0) is 45.9 Å². The van der Waals surface area contributed by atoms with Crippen molar-refractivity contribution in [3.05, 3.63) is 40.3 Å². The second-order valence-electron chi connectivity index (χ2n) is 6.49. The van der Waals surface area contributed by atoms with Gasteiger partial charge in [0.25, 0.3) is 0 Å². The zero-order valence-corrected chi connectivity index (χ0v) is 16.3. The van der Waals surface area contributed by atoms with Crippen LogP contribution in [0.1, 0.15) is 33.4 Å². The highest BCUT2D eigenvalue weighted by Gasteiger charge is 2.17. The number of nitrogens with two attached hydrogens (primary N) is 1. The van der Waals surface area contributed by atoms with Crippen LogP contribution in [-0.4, -0.2) is 33.1 Å². The molecule has 1 aromatic heterocycles. The summed E-state index contributed by atoms with van der Waals surface area (Å²) in [5.74, 6) is 0. The zero-order chi connectivity index (χ0) is 17.9. The van der Waals surface area contributed by atoms with Gasteiger partial charge in [-0.3, -0.25) is 4.90 Å². The van der Waals surface area contributed by atoms with Crippen molar-refractivity contribution in [2.45, 2.75) is 52.9 Å². The lowest BCUT2D eigenvalue weighted by Crippen LogP contribution is -2.39. The minimum Gasteiger partial charge on any atom is -0.332 e. The molecule has 0 radical (unpaired) electrons. The van der Waals surface area contributed by atoms with E-state index in [4.69, 9.17) is 28.9 Å². The van der Waals surface area contributed by atoms with Gasteiger partial charge in [0.05, 0.1) is 22.7 Å². The highest BCUT2D eigenvalue weighted by atomic mass is 35.5. The molecule has 0 unspecified atom stereocenters. The molecular formula is C18H26Cl2N4. The number of aromatic nitrogens is 2. The first-order chi connectivity index (χ1) is 11.3. The Bertz CT molecular complexity index is 672. The van der Waals surface area contributed by atoms with Gasteiger partial charge in [-0.1, -0.05) is 23.2 Å². The van der Waals surface area contributed by atoms with Crippen molar-refractivity contribution in [3.63, 3.8) is 0 Å². The second-order valence-corrected chi connectivity index (χ2v) is 7.33. The van der Waals surface area contributed by atoms with Crippen LogP contribution < -0.4 is 5.73 Å². The fraction of sp³-hybridized carbons (Fsp3) is 0.500. The van der Waals surface area contributed by atoms with E-state index in [9.17, 15) is 0 Å². The number of nitrogens with zero attached hydrogens (tertiary/aromatic N) is 3. The summed E-state index contributed by atoms with van der Waals surface area (Å²) in [6, 6.07) is 6.45. The number of hydrogen-bond donors (Lipinski definition) is 1. The smallest absolute Gasteiger partial charge is 0.0956 e. The number of benzene rings is 1. The number of rotatable bonds is 7. The van der Waals surface area contributed by atoms with Crippen molar-refractivity contribution in [2.75, 3.05) is 6.54 Å². The van der Waals surface area contributed by atoms with Gasteiger partial charge in [0.15, 0.2) is 0 Å². The van der Waals surface area contributed by atoms with Crippen molar-refractivity contribution >= 4 is 23.2 Å². The summed E-state index contributed by atoms with van der Waals surface area (Å²) in [7, 11) is 0. The Kier molecular flexibility index (Phi) is 6.70. The van der Waals surface area contributed by atoms with Gasteiger partial charge in [-0.25, -0.2) is 4.98 Å². The maximum atomic E-state index is 6.33. The first-order valence-electron chi connectivity index (χ1n) is 8.30. The molecule has 0 atom stereocenters. The molecule has 1 aromatic carbocycles. The van der Waals surface area contributed by atoms with Gasteiger partial charge in [-0.15, -0.1) is 0 Å². The normalized spacial score (nSPS) is 11.9. The topological polar surface area (TPSA) is 47.1 Å². The lowest BCUT2D eigenvalue weighted by Gasteiger charge is -2.30. The molecule has 6 heteroatoms. The Morgan fingerprint density at radius 3 is 2.38 bits per heavy atom. The summed E-state index contributed by atoms with van der Waals surface area (Å²) >= 11 is 12.3. The fourth-order valence-corrected chi connectivity index (χ4v) is 3.55. The molecule has 1 heterocycles. The SMILES string of the molecule is CC(C)N(CCn1cnc(-c2ccc(Cl)cc2Cl)c1CN)C(C)C. The molecule has 0 spiro atoms. The lowest BCUT2D eigenvalue weighted by atomic mass is 10.1. The molecule has 2 aromatic rings. The van der Waals surface area contributed by atoms with Gasteiger partial charge in [0.2, 0.25) is 0 Å². The van der Waals surface area contributed by atoms with Crippen LogP contribution in [-0.2, 0) is 13.1 Å². The predicted molar refractivity (Wildman–Crippen MR) is 103 cm³/mol. The summed E-state index contributed by atoms with van der Waals surface area (Å²) < 4.78 is 2.12. The van der Waals surface area contributed by atoms with Crippen LogP contribution in [0.3, 0.4) is 0 Å². The van der Waals surface area contributed by atoms with Crippen molar-refractivity contribution in [3.8, 4) is 11.3 Å². The van der Waals surface area contributed by atoms with Gasteiger partial charge in [0, 0.05) is 42.3 Å². The molecule has 0 fully saturated rings. The molecule has 132 valence electrons. The maximum absolute atomic E-state index is 6.33. The first-order valence-corrected chi connectivity index (χ1v) is 9.06. The molecule has 0 aliphatic rings. The minimum atomic E-state index is 0.414. The Hall–Kier alpha value is -1.07. The molecule has 0 aliphatic heterocycles. The van der Waals surface area contributed by atoms with E-state index in [1.165, 1.54) is 0 Å². The molecule has 2 rings (SSSR count). The monoisotopic (exact) mass is 368 g/mol. The van der Waals surface area contributed by atoms with E-state index in [2.05, 4.69) is 42.1 Å². The molecule has 2 N–H and O–H groups in total. The van der Waals surface area contributed by atoms with E-state index in [-0.39, 0.29) is 0 Å². The number of imidazole rings is 1. The summed E-state index contributed by atoms with van der Waals surface area (Å²) in [4.78, 5) is 7.01. The number of hydrogen-bond acceptors (Lipinski definition) is 3. The van der Waals surface area contributed by atoms with Gasteiger partial charge in [0.1, 0.15) is 0 Å². The van der Waals surface area contributed by atoms with E-state index in [0.29, 0.717) is 28.7 Å². The fourth-order valence-electron chi connectivity index (χ4n) is 3.06. The Morgan fingerprint density at radius 1 is 1.17 bits per heavy atom. The molecule has 0 saturated heterocycles. The minimum absolute atomic E-state index is 0.414. The average molecular weight is 369 g/mol. The van der Waals surface area contributed by atoms with Gasteiger partial charge in [-0.2, -0.15) is 0 Å². The van der Waals surface area contributed by atoms with E-state index in [1.807, 2.05) is 18.5 Å². The molecular weight excluding hydrogens is 343 g/mol. The summed E-state index contributed by atoms with van der Waals surface area (Å²) in [5.41, 5.74) is 8.69. The molecule has 0 bridgehead atoms. The van der Waals surface area contributed by atoms with Gasteiger partial charge >= 0.3 is 0 Å². The quantitative estimate of drug-likeness (QED) is 0.785. The molecule has 0 aliphatic carbocycles. The zero-order valence-electron chi connectivity index (χ0n) is 14.8. The molecule has 24 heavy (non-hydrogen) atoms. The van der Waals surface area contributed by atoms with Crippen LogP contribution in [0, 0.1) is 0 Å². The average Bonchev–Trinajstić information content (AvgIpc) is 2.89. The van der Waals surface area contributed by atoms with Crippen LogP contribution in [0.25, 0.3) is 11.3 Å². The summed E-state index contributed by atoms with van der Waals surface area (Å²) in [6.45, 7) is 11.1. The lowest BCUT2D eigenvalue weighted by molar-refractivity contribution is 0.168. The van der Waals surface area contributed by atoms with Crippen molar-refractivity contribution in [2.24, 2.45) is 5.73 Å². The van der Waals surface area contributed by atoms with Crippen molar-refractivity contribution in [1.29, 1.82) is 0 Å². The molecule has 4 nitrogen and oxygen atoms in total. The van der Waals surface area contributed by atoms with Crippen LogP contribution in [0.2, 0.25) is 10.0 Å². The Labute approximate surface area is 154 Å². The summed E-state index contributed by atoms with van der Waals surface area (Å²) in [5, 5.41) is 1.20. The van der Waals surface area contributed by atoms with E-state index in [0.717, 1.165) is 30.0 Å². The van der Waals surface area contributed by atoms with E-state index >= 15 is 0 Å². The third-order valence-electron chi connectivity index (χ3n) is 4.25. The van der Waals surface area contributed by atoms with Crippen LogP contribution in [0.5, 0.6) is 0 Å². The largest absolute Gasteiger partial charge is 0.332 e. The highest BCUT2D eigenvalue weighted by Crippen LogP contribution is 2.31. The standard InChI is InChI=1S/C18H26Cl2N4/c1-12(2)24(13(3)4)8-7-23-11-22-18(17(23)10-21)15-6-5-14(19)9-16(15)20/h5-6,9,11-13H,7-8,10,21H2,1-4H3. The van der Waals surface area contributed by atoms with Gasteiger partial charge < -0.3 is 10.3 Å². The summed E-state index contributed by atoms with van der Waals surface area (Å²) in [6.07, 6.45) is 1.85. The number of halogens is 2. The second kappa shape index (κ2) is 8.34. The third-order valence-corrected chi connectivity index (χ3v) is 4.80.